The highest BCUT2D eigenvalue weighted by atomic mass is 19.1. The smallest absolute Gasteiger partial charge is 0.218 e. The van der Waals surface area contributed by atoms with E-state index in [0.29, 0.717) is 17.7 Å². The Labute approximate surface area is 163 Å². The van der Waals surface area contributed by atoms with Gasteiger partial charge >= 0.3 is 0 Å². The van der Waals surface area contributed by atoms with Crippen LogP contribution in [0.5, 0.6) is 0 Å². The lowest BCUT2D eigenvalue weighted by Gasteiger charge is -2.23. The van der Waals surface area contributed by atoms with E-state index in [0.717, 1.165) is 6.07 Å². The van der Waals surface area contributed by atoms with Crippen LogP contribution in [0.25, 0.3) is 16.9 Å². The van der Waals surface area contributed by atoms with Gasteiger partial charge in [0, 0.05) is 18.8 Å². The monoisotopic (exact) mass is 392 g/mol. The highest BCUT2D eigenvalue weighted by molar-refractivity contribution is 5.80. The van der Waals surface area contributed by atoms with Crippen LogP contribution in [0.3, 0.4) is 0 Å². The number of pyridine rings is 1. The molecule has 0 amide bonds. The van der Waals surface area contributed by atoms with Gasteiger partial charge in [0.15, 0.2) is 11.5 Å². The van der Waals surface area contributed by atoms with Gasteiger partial charge in [0.05, 0.1) is 5.69 Å². The van der Waals surface area contributed by atoms with Crippen molar-refractivity contribution >= 4 is 28.7 Å². The molecule has 8 nitrogen and oxygen atoms in total. The van der Waals surface area contributed by atoms with Gasteiger partial charge in [-0.2, -0.15) is 5.26 Å². The Morgan fingerprint density at radius 3 is 2.62 bits per heavy atom. The molecular weight excluding hydrogens is 378 g/mol. The van der Waals surface area contributed by atoms with Crippen molar-refractivity contribution in [1.82, 2.24) is 24.5 Å². The quantitative estimate of drug-likeness (QED) is 0.568. The predicted octanol–water partition coefficient (Wildman–Crippen LogP) is 3.10. The average Bonchev–Trinajstić information content (AvgIpc) is 3.07. The zero-order valence-electron chi connectivity index (χ0n) is 15.2. The molecule has 144 valence electrons. The molecule has 0 radical (unpaired) electrons. The van der Waals surface area contributed by atoms with Crippen LogP contribution in [0.4, 0.5) is 26.4 Å². The van der Waals surface area contributed by atoms with Gasteiger partial charge in [0.2, 0.25) is 5.95 Å². The Morgan fingerprint density at radius 2 is 1.93 bits per heavy atom. The third kappa shape index (κ3) is 3.08. The summed E-state index contributed by atoms with van der Waals surface area (Å²) in [6.07, 6.45) is 2.79. The molecule has 0 aliphatic rings. The van der Waals surface area contributed by atoms with E-state index in [9.17, 15) is 14.0 Å². The van der Waals surface area contributed by atoms with Crippen molar-refractivity contribution in [2.75, 3.05) is 17.2 Å². The Balaban J connectivity index is 2.03. The van der Waals surface area contributed by atoms with Crippen LogP contribution in [-0.4, -0.2) is 31.0 Å². The molecular formula is C19H14F2N8. The van der Waals surface area contributed by atoms with Crippen LogP contribution in [0.15, 0.2) is 42.9 Å². The van der Waals surface area contributed by atoms with Crippen LogP contribution >= 0.6 is 0 Å². The zero-order valence-corrected chi connectivity index (χ0v) is 15.2. The molecule has 0 bridgehead atoms. The minimum absolute atomic E-state index is 0.0218. The van der Waals surface area contributed by atoms with E-state index >= 15 is 0 Å². The van der Waals surface area contributed by atoms with Crippen molar-refractivity contribution in [2.45, 2.75) is 6.92 Å². The van der Waals surface area contributed by atoms with Gasteiger partial charge < -0.3 is 5.73 Å². The standard InChI is InChI=1S/C19H14F2N8/c1-2-28(17-14(9-22)16(23)25-10-26-17)19-27-15-4-3-5-24-18(15)29(19)13-7-11(20)6-12(21)8-13/h3-8,10H,2H2,1H3,(H2,23,25,26). The predicted molar refractivity (Wildman–Crippen MR) is 103 cm³/mol. The summed E-state index contributed by atoms with van der Waals surface area (Å²) in [5.41, 5.74) is 7.00. The maximum Gasteiger partial charge on any atom is 0.218 e. The minimum atomic E-state index is -0.740. The third-order valence-electron chi connectivity index (χ3n) is 4.29. The highest BCUT2D eigenvalue weighted by Gasteiger charge is 2.24. The second-order valence-corrected chi connectivity index (χ2v) is 6.03. The molecule has 0 unspecified atom stereocenters. The largest absolute Gasteiger partial charge is 0.382 e. The number of hydrogen-bond donors (Lipinski definition) is 1. The summed E-state index contributed by atoms with van der Waals surface area (Å²) in [5, 5.41) is 9.51. The summed E-state index contributed by atoms with van der Waals surface area (Å²) in [6.45, 7) is 2.16. The minimum Gasteiger partial charge on any atom is -0.382 e. The molecule has 0 atom stereocenters. The van der Waals surface area contributed by atoms with E-state index in [4.69, 9.17) is 5.73 Å². The van der Waals surface area contributed by atoms with E-state index in [2.05, 4.69) is 19.9 Å². The number of rotatable bonds is 4. The van der Waals surface area contributed by atoms with Crippen LogP contribution < -0.4 is 10.6 Å². The highest BCUT2D eigenvalue weighted by Crippen LogP contribution is 2.32. The van der Waals surface area contributed by atoms with Crippen LogP contribution in [0.2, 0.25) is 0 Å². The molecule has 29 heavy (non-hydrogen) atoms. The molecule has 4 aromatic rings. The lowest BCUT2D eigenvalue weighted by atomic mass is 10.2. The van der Waals surface area contributed by atoms with Gasteiger partial charge in [0.1, 0.15) is 40.9 Å². The number of nitrogen functional groups attached to an aromatic ring is 1. The average molecular weight is 392 g/mol. The number of nitriles is 1. The second kappa shape index (κ2) is 7.12. The second-order valence-electron chi connectivity index (χ2n) is 6.03. The molecule has 3 heterocycles. The number of hydrogen-bond acceptors (Lipinski definition) is 7. The Hall–Kier alpha value is -4.13. The molecule has 3 aromatic heterocycles. The van der Waals surface area contributed by atoms with E-state index in [1.165, 1.54) is 23.0 Å². The zero-order chi connectivity index (χ0) is 20.5. The molecule has 0 fully saturated rings. The summed E-state index contributed by atoms with van der Waals surface area (Å²) in [6, 6.07) is 8.56. The molecule has 0 saturated heterocycles. The SMILES string of the molecule is CCN(c1ncnc(N)c1C#N)c1nc2cccnc2n1-c1cc(F)cc(F)c1. The van der Waals surface area contributed by atoms with Crippen molar-refractivity contribution in [2.24, 2.45) is 0 Å². The lowest BCUT2D eigenvalue weighted by Crippen LogP contribution is -2.23. The van der Waals surface area contributed by atoms with E-state index in [1.54, 1.807) is 23.2 Å². The number of halogens is 2. The number of nitrogens with zero attached hydrogens (tertiary/aromatic N) is 7. The third-order valence-corrected chi connectivity index (χ3v) is 4.29. The van der Waals surface area contributed by atoms with Gasteiger partial charge in [-0.25, -0.2) is 28.7 Å². The molecule has 0 spiro atoms. The summed E-state index contributed by atoms with van der Waals surface area (Å²) in [5.74, 6) is -0.947. The number of benzene rings is 1. The molecule has 0 aliphatic heterocycles. The fourth-order valence-corrected chi connectivity index (χ4v) is 3.07. The normalized spacial score (nSPS) is 10.8. The topological polar surface area (TPSA) is 110 Å². The number of nitrogens with two attached hydrogens (primary N) is 1. The first-order chi connectivity index (χ1) is 14.0. The van der Waals surface area contributed by atoms with Gasteiger partial charge in [-0.3, -0.25) is 9.47 Å². The molecule has 10 heteroatoms. The number of imidazole rings is 1. The van der Waals surface area contributed by atoms with E-state index in [-0.39, 0.29) is 28.8 Å². The molecule has 0 saturated carbocycles. The van der Waals surface area contributed by atoms with Crippen molar-refractivity contribution in [3.05, 3.63) is 60.1 Å². The number of aromatic nitrogens is 5. The Bertz CT molecular complexity index is 1240. The summed E-state index contributed by atoms with van der Waals surface area (Å²) in [4.78, 5) is 18.5. The molecule has 1 aromatic carbocycles. The van der Waals surface area contributed by atoms with Crippen molar-refractivity contribution in [3.8, 4) is 11.8 Å². The maximum atomic E-state index is 13.9. The van der Waals surface area contributed by atoms with Crippen LogP contribution in [0, 0.1) is 23.0 Å². The molecule has 0 aliphatic carbocycles. The van der Waals surface area contributed by atoms with Gasteiger partial charge in [0.25, 0.3) is 0 Å². The van der Waals surface area contributed by atoms with Gasteiger partial charge in [-0.1, -0.05) is 0 Å². The summed E-state index contributed by atoms with van der Waals surface area (Å²) < 4.78 is 29.4. The first kappa shape index (κ1) is 18.2. The molecule has 4 rings (SSSR count). The Kier molecular flexibility index (Phi) is 4.48. The lowest BCUT2D eigenvalue weighted by molar-refractivity contribution is 0.581. The van der Waals surface area contributed by atoms with E-state index < -0.39 is 11.6 Å². The van der Waals surface area contributed by atoms with Crippen LogP contribution in [-0.2, 0) is 0 Å². The van der Waals surface area contributed by atoms with Crippen LogP contribution in [0.1, 0.15) is 12.5 Å². The number of fused-ring (bicyclic) bond motifs is 1. The number of anilines is 3. The van der Waals surface area contributed by atoms with Crippen molar-refractivity contribution in [1.29, 1.82) is 5.26 Å². The fourth-order valence-electron chi connectivity index (χ4n) is 3.07. The maximum absolute atomic E-state index is 13.9. The van der Waals surface area contributed by atoms with E-state index in [1.807, 2.05) is 13.0 Å². The fraction of sp³-hybridized carbons (Fsp3) is 0.105. The Morgan fingerprint density at radius 1 is 1.17 bits per heavy atom. The first-order valence-electron chi connectivity index (χ1n) is 8.61. The van der Waals surface area contributed by atoms with Gasteiger partial charge in [-0.15, -0.1) is 0 Å². The summed E-state index contributed by atoms with van der Waals surface area (Å²) in [7, 11) is 0. The first-order valence-corrected chi connectivity index (χ1v) is 8.61. The van der Waals surface area contributed by atoms with Gasteiger partial charge in [-0.05, 0) is 31.2 Å². The van der Waals surface area contributed by atoms with Crippen molar-refractivity contribution in [3.63, 3.8) is 0 Å². The summed E-state index contributed by atoms with van der Waals surface area (Å²) >= 11 is 0. The molecule has 2 N–H and O–H groups in total. The van der Waals surface area contributed by atoms with Crippen molar-refractivity contribution < 1.29 is 8.78 Å².